The lowest BCUT2D eigenvalue weighted by Crippen LogP contribution is -2.20. The summed E-state index contributed by atoms with van der Waals surface area (Å²) < 4.78 is 28.5. The van der Waals surface area contributed by atoms with Gasteiger partial charge in [-0.05, 0) is 24.1 Å². The van der Waals surface area contributed by atoms with Crippen molar-refractivity contribution < 1.29 is 13.5 Å². The van der Waals surface area contributed by atoms with E-state index in [1.54, 1.807) is 41.1 Å². The normalized spacial score (nSPS) is 12.6. The molecule has 0 aliphatic rings. The SMILES string of the molecule is CCC(NCc1cscn1)c1ccc(OC(F)F)cc1. The van der Waals surface area contributed by atoms with Crippen molar-refractivity contribution >= 4 is 11.3 Å². The highest BCUT2D eigenvalue weighted by Gasteiger charge is 2.10. The number of nitrogens with zero attached hydrogens (tertiary/aromatic N) is 1. The highest BCUT2D eigenvalue weighted by atomic mass is 32.1. The van der Waals surface area contributed by atoms with Gasteiger partial charge in [-0.2, -0.15) is 8.78 Å². The first-order valence-electron chi connectivity index (χ1n) is 6.34. The molecule has 0 spiro atoms. The van der Waals surface area contributed by atoms with Gasteiger partial charge in [0.2, 0.25) is 0 Å². The first-order chi connectivity index (χ1) is 9.69. The molecule has 0 aliphatic carbocycles. The van der Waals surface area contributed by atoms with Gasteiger partial charge in [-0.25, -0.2) is 4.98 Å². The van der Waals surface area contributed by atoms with E-state index in [1.165, 1.54) is 0 Å². The molecule has 0 fully saturated rings. The number of ether oxygens (including phenoxy) is 1. The zero-order valence-electron chi connectivity index (χ0n) is 11.1. The van der Waals surface area contributed by atoms with Crippen LogP contribution in [0, 0.1) is 0 Å². The van der Waals surface area contributed by atoms with Gasteiger partial charge in [0.1, 0.15) is 5.75 Å². The van der Waals surface area contributed by atoms with Crippen LogP contribution in [0.15, 0.2) is 35.2 Å². The number of nitrogens with one attached hydrogen (secondary N) is 1. The van der Waals surface area contributed by atoms with E-state index >= 15 is 0 Å². The van der Waals surface area contributed by atoms with E-state index in [0.29, 0.717) is 6.54 Å². The van der Waals surface area contributed by atoms with Crippen molar-refractivity contribution in [2.24, 2.45) is 0 Å². The third-order valence-electron chi connectivity index (χ3n) is 2.93. The van der Waals surface area contributed by atoms with Gasteiger partial charge in [-0.15, -0.1) is 11.3 Å². The predicted molar refractivity (Wildman–Crippen MR) is 75.1 cm³/mol. The number of rotatable bonds is 7. The molecule has 0 bridgehead atoms. The molecule has 1 heterocycles. The van der Waals surface area contributed by atoms with Crippen LogP contribution in [0.5, 0.6) is 5.75 Å². The second-order valence-electron chi connectivity index (χ2n) is 4.27. The second-order valence-corrected chi connectivity index (χ2v) is 4.99. The van der Waals surface area contributed by atoms with Crippen molar-refractivity contribution in [3.63, 3.8) is 0 Å². The largest absolute Gasteiger partial charge is 0.435 e. The Balaban J connectivity index is 1.96. The van der Waals surface area contributed by atoms with Crippen LogP contribution in [0.1, 0.15) is 30.6 Å². The first-order valence-corrected chi connectivity index (χ1v) is 7.28. The third-order valence-corrected chi connectivity index (χ3v) is 3.56. The van der Waals surface area contributed by atoms with Gasteiger partial charge in [-0.1, -0.05) is 19.1 Å². The van der Waals surface area contributed by atoms with E-state index in [2.05, 4.69) is 22.0 Å². The highest BCUT2D eigenvalue weighted by Crippen LogP contribution is 2.21. The highest BCUT2D eigenvalue weighted by molar-refractivity contribution is 7.07. The molecule has 1 unspecified atom stereocenters. The van der Waals surface area contributed by atoms with Crippen molar-refractivity contribution in [2.45, 2.75) is 32.5 Å². The maximum atomic E-state index is 12.1. The van der Waals surface area contributed by atoms with Gasteiger partial charge in [0.15, 0.2) is 0 Å². The van der Waals surface area contributed by atoms with Crippen LogP contribution >= 0.6 is 11.3 Å². The van der Waals surface area contributed by atoms with E-state index < -0.39 is 6.61 Å². The topological polar surface area (TPSA) is 34.2 Å². The zero-order chi connectivity index (χ0) is 14.4. The summed E-state index contributed by atoms with van der Waals surface area (Å²) >= 11 is 1.56. The molecule has 2 rings (SSSR count). The van der Waals surface area contributed by atoms with Crippen molar-refractivity contribution in [1.29, 1.82) is 0 Å². The predicted octanol–water partition coefficient (Wildman–Crippen LogP) is 3.99. The fourth-order valence-corrected chi connectivity index (χ4v) is 2.49. The molecular formula is C14H16F2N2OS. The number of aromatic nitrogens is 1. The van der Waals surface area contributed by atoms with E-state index in [-0.39, 0.29) is 11.8 Å². The molecule has 6 heteroatoms. The van der Waals surface area contributed by atoms with Gasteiger partial charge in [-0.3, -0.25) is 0 Å². The Bertz CT molecular complexity index is 502. The van der Waals surface area contributed by atoms with Gasteiger partial charge < -0.3 is 10.1 Å². The average Bonchev–Trinajstić information content (AvgIpc) is 2.94. The molecule has 0 amide bonds. The fourth-order valence-electron chi connectivity index (χ4n) is 1.93. The van der Waals surface area contributed by atoms with Crippen molar-refractivity contribution in [2.75, 3.05) is 0 Å². The number of halogens is 2. The van der Waals surface area contributed by atoms with Gasteiger partial charge >= 0.3 is 6.61 Å². The molecular weight excluding hydrogens is 282 g/mol. The van der Waals surface area contributed by atoms with E-state index in [1.807, 2.05) is 5.38 Å². The molecule has 0 saturated heterocycles. The first kappa shape index (κ1) is 14.9. The quantitative estimate of drug-likeness (QED) is 0.839. The fraction of sp³-hybridized carbons (Fsp3) is 0.357. The monoisotopic (exact) mass is 298 g/mol. The number of hydrogen-bond donors (Lipinski definition) is 1. The molecule has 1 atom stereocenters. The van der Waals surface area contributed by atoms with Gasteiger partial charge in [0.25, 0.3) is 0 Å². The van der Waals surface area contributed by atoms with Crippen LogP contribution in [0.4, 0.5) is 8.78 Å². The molecule has 1 aromatic carbocycles. The Hall–Kier alpha value is -1.53. The van der Waals surface area contributed by atoms with Gasteiger partial charge in [0.05, 0.1) is 11.2 Å². The molecule has 20 heavy (non-hydrogen) atoms. The lowest BCUT2D eigenvalue weighted by atomic mass is 10.0. The van der Waals surface area contributed by atoms with Crippen molar-refractivity contribution in [1.82, 2.24) is 10.3 Å². The molecule has 108 valence electrons. The lowest BCUT2D eigenvalue weighted by Gasteiger charge is -2.17. The van der Waals surface area contributed by atoms with Crippen molar-refractivity contribution in [3.05, 3.63) is 46.4 Å². The number of benzene rings is 1. The molecule has 3 nitrogen and oxygen atoms in total. The number of hydrogen-bond acceptors (Lipinski definition) is 4. The van der Waals surface area contributed by atoms with Gasteiger partial charge in [0, 0.05) is 18.0 Å². The second kappa shape index (κ2) is 7.31. The van der Waals surface area contributed by atoms with E-state index in [4.69, 9.17) is 0 Å². The minimum Gasteiger partial charge on any atom is -0.435 e. The van der Waals surface area contributed by atoms with Crippen LogP contribution in [0.25, 0.3) is 0 Å². The Morgan fingerprint density at radius 3 is 2.60 bits per heavy atom. The summed E-state index contributed by atoms with van der Waals surface area (Å²) in [6.45, 7) is -0.0230. The standard InChI is InChI=1S/C14H16F2N2OS/c1-2-13(17-7-11-8-20-9-18-11)10-3-5-12(6-4-10)19-14(15)16/h3-6,8-9,13-14,17H,2,7H2,1H3. The Kier molecular flexibility index (Phi) is 5.43. The molecule has 1 aromatic heterocycles. The molecule has 1 N–H and O–H groups in total. The van der Waals surface area contributed by atoms with Crippen molar-refractivity contribution in [3.8, 4) is 5.75 Å². The Morgan fingerprint density at radius 2 is 2.05 bits per heavy atom. The van der Waals surface area contributed by atoms with Crippen LogP contribution in [-0.4, -0.2) is 11.6 Å². The Morgan fingerprint density at radius 1 is 1.30 bits per heavy atom. The zero-order valence-corrected chi connectivity index (χ0v) is 11.9. The maximum absolute atomic E-state index is 12.1. The van der Waals surface area contributed by atoms with Crippen LogP contribution in [-0.2, 0) is 6.54 Å². The van der Waals surface area contributed by atoms with Crippen LogP contribution < -0.4 is 10.1 Å². The summed E-state index contributed by atoms with van der Waals surface area (Å²) in [5.74, 6) is 0.179. The summed E-state index contributed by atoms with van der Waals surface area (Å²) in [5, 5.41) is 5.40. The summed E-state index contributed by atoms with van der Waals surface area (Å²) in [6.07, 6.45) is 0.902. The lowest BCUT2D eigenvalue weighted by molar-refractivity contribution is -0.0498. The third kappa shape index (κ3) is 4.25. The summed E-state index contributed by atoms with van der Waals surface area (Å²) in [7, 11) is 0. The number of thiazole rings is 1. The Labute approximate surface area is 120 Å². The minimum absolute atomic E-state index is 0.164. The van der Waals surface area contributed by atoms with E-state index in [0.717, 1.165) is 17.7 Å². The summed E-state index contributed by atoms with van der Waals surface area (Å²) in [4.78, 5) is 4.22. The number of alkyl halides is 2. The molecule has 0 saturated carbocycles. The summed E-state index contributed by atoms with van der Waals surface area (Å²) in [5.41, 5.74) is 3.85. The average molecular weight is 298 g/mol. The smallest absolute Gasteiger partial charge is 0.387 e. The molecule has 0 aliphatic heterocycles. The molecule has 0 radical (unpaired) electrons. The van der Waals surface area contributed by atoms with E-state index in [9.17, 15) is 8.78 Å². The van der Waals surface area contributed by atoms with Crippen LogP contribution in [0.2, 0.25) is 0 Å². The summed E-state index contributed by atoms with van der Waals surface area (Å²) in [6, 6.07) is 6.90. The molecule has 2 aromatic rings. The minimum atomic E-state index is -2.79. The maximum Gasteiger partial charge on any atom is 0.387 e. The van der Waals surface area contributed by atoms with Crippen LogP contribution in [0.3, 0.4) is 0 Å².